The van der Waals surface area contributed by atoms with E-state index in [-0.39, 0.29) is 6.04 Å². The van der Waals surface area contributed by atoms with Crippen LogP contribution in [-0.4, -0.2) is 21.5 Å². The van der Waals surface area contributed by atoms with Crippen molar-refractivity contribution < 1.29 is 10.0 Å². The van der Waals surface area contributed by atoms with Gasteiger partial charge in [-0.3, -0.25) is 15.0 Å². The Morgan fingerprint density at radius 1 is 1.47 bits per heavy atom. The average molecular weight is 277 g/mol. The average Bonchev–Trinajstić information content (AvgIpc) is 2.75. The van der Waals surface area contributed by atoms with Crippen LogP contribution in [0.5, 0.6) is 0 Å². The number of nitrogens with two attached hydrogens (primary N) is 1. The van der Waals surface area contributed by atoms with Crippen molar-refractivity contribution in [1.29, 1.82) is 0 Å². The lowest BCUT2D eigenvalue weighted by molar-refractivity contribution is -0.124. The van der Waals surface area contributed by atoms with Gasteiger partial charge in [-0.1, -0.05) is 43.0 Å². The van der Waals surface area contributed by atoms with Crippen LogP contribution in [0.25, 0.3) is 6.08 Å². The number of hydroxylamine groups is 1. The maximum Gasteiger partial charge on any atom is 0.267 e. The summed E-state index contributed by atoms with van der Waals surface area (Å²) in [6.45, 7) is 2.10. The SMILES string of the molecule is CC1SC(N)=NC1c1ccc(/C=C/C(=O)NO)cc1. The molecule has 2 atom stereocenters. The van der Waals surface area contributed by atoms with E-state index >= 15 is 0 Å². The first-order valence-electron chi connectivity index (χ1n) is 5.82. The summed E-state index contributed by atoms with van der Waals surface area (Å²) in [6.07, 6.45) is 2.89. The second-order valence-electron chi connectivity index (χ2n) is 4.21. The highest BCUT2D eigenvalue weighted by Crippen LogP contribution is 2.35. The minimum Gasteiger partial charge on any atom is -0.379 e. The highest BCUT2D eigenvalue weighted by Gasteiger charge is 2.26. The van der Waals surface area contributed by atoms with Crippen LogP contribution in [0.1, 0.15) is 24.1 Å². The van der Waals surface area contributed by atoms with Crippen molar-refractivity contribution in [3.05, 3.63) is 41.5 Å². The van der Waals surface area contributed by atoms with Crippen molar-refractivity contribution >= 4 is 28.9 Å². The first kappa shape index (κ1) is 13.6. The van der Waals surface area contributed by atoms with Crippen LogP contribution < -0.4 is 11.2 Å². The zero-order valence-electron chi connectivity index (χ0n) is 10.4. The lowest BCUT2D eigenvalue weighted by atomic mass is 10.0. The standard InChI is InChI=1S/C13H15N3O2S/c1-8-12(15-13(14)19-8)10-5-2-9(3-6-10)4-7-11(17)16-18/h2-8,12,18H,1H3,(H2,14,15)(H,16,17)/b7-4+. The van der Waals surface area contributed by atoms with Gasteiger partial charge < -0.3 is 5.73 Å². The van der Waals surface area contributed by atoms with Gasteiger partial charge >= 0.3 is 0 Å². The molecular formula is C13H15N3O2S. The van der Waals surface area contributed by atoms with Crippen LogP contribution in [-0.2, 0) is 4.79 Å². The highest BCUT2D eigenvalue weighted by molar-refractivity contribution is 8.14. The van der Waals surface area contributed by atoms with E-state index in [1.807, 2.05) is 24.3 Å². The number of hydrogen-bond donors (Lipinski definition) is 3. The van der Waals surface area contributed by atoms with Crippen LogP contribution in [0.4, 0.5) is 0 Å². The Morgan fingerprint density at radius 3 is 2.68 bits per heavy atom. The van der Waals surface area contributed by atoms with Crippen molar-refractivity contribution in [2.24, 2.45) is 10.7 Å². The van der Waals surface area contributed by atoms with Crippen LogP contribution >= 0.6 is 11.8 Å². The molecule has 2 rings (SSSR count). The molecule has 0 bridgehead atoms. The molecule has 5 nitrogen and oxygen atoms in total. The lowest BCUT2D eigenvalue weighted by Gasteiger charge is -2.12. The summed E-state index contributed by atoms with van der Waals surface area (Å²) in [4.78, 5) is 15.3. The van der Waals surface area contributed by atoms with Gasteiger partial charge in [0.25, 0.3) is 5.91 Å². The Kier molecular flexibility index (Phi) is 4.24. The Labute approximate surface area is 115 Å². The van der Waals surface area contributed by atoms with E-state index in [0.717, 1.165) is 11.1 Å². The van der Waals surface area contributed by atoms with Gasteiger partial charge in [0, 0.05) is 11.3 Å². The molecule has 1 amide bonds. The number of nitrogens with one attached hydrogen (secondary N) is 1. The summed E-state index contributed by atoms with van der Waals surface area (Å²) < 4.78 is 0. The molecule has 6 heteroatoms. The van der Waals surface area contributed by atoms with Crippen LogP contribution in [0.3, 0.4) is 0 Å². The Hall–Kier alpha value is -1.79. The molecule has 1 heterocycles. The summed E-state index contributed by atoms with van der Waals surface area (Å²) in [7, 11) is 0. The van der Waals surface area contributed by atoms with Crippen LogP contribution in [0.15, 0.2) is 35.3 Å². The molecule has 19 heavy (non-hydrogen) atoms. The number of nitrogens with zero attached hydrogens (tertiary/aromatic N) is 1. The molecule has 1 aromatic carbocycles. The number of thioether (sulfide) groups is 1. The molecular weight excluding hydrogens is 262 g/mol. The van der Waals surface area contributed by atoms with E-state index in [9.17, 15) is 4.79 Å². The fourth-order valence-electron chi connectivity index (χ4n) is 1.89. The van der Waals surface area contributed by atoms with Crippen molar-refractivity contribution in [3.8, 4) is 0 Å². The highest BCUT2D eigenvalue weighted by atomic mass is 32.2. The first-order valence-corrected chi connectivity index (χ1v) is 6.70. The summed E-state index contributed by atoms with van der Waals surface area (Å²) >= 11 is 1.58. The first-order chi connectivity index (χ1) is 9.10. The van der Waals surface area contributed by atoms with E-state index in [0.29, 0.717) is 10.4 Å². The molecule has 0 aromatic heterocycles. The smallest absolute Gasteiger partial charge is 0.267 e. The molecule has 0 spiro atoms. The van der Waals surface area contributed by atoms with Gasteiger partial charge in [-0.25, -0.2) is 5.48 Å². The number of aliphatic imine (C=N–C) groups is 1. The third-order valence-corrected chi connectivity index (χ3v) is 3.81. The third-order valence-electron chi connectivity index (χ3n) is 2.83. The normalized spacial score (nSPS) is 22.5. The van der Waals surface area contributed by atoms with E-state index in [1.165, 1.54) is 6.08 Å². The van der Waals surface area contributed by atoms with E-state index in [4.69, 9.17) is 10.9 Å². The van der Waals surface area contributed by atoms with E-state index in [2.05, 4.69) is 11.9 Å². The number of rotatable bonds is 3. The molecule has 100 valence electrons. The van der Waals surface area contributed by atoms with Gasteiger partial charge in [-0.05, 0) is 17.2 Å². The fraction of sp³-hybridized carbons (Fsp3) is 0.231. The fourth-order valence-corrected chi connectivity index (χ4v) is 2.79. The maximum atomic E-state index is 10.9. The quantitative estimate of drug-likeness (QED) is 0.446. The number of benzene rings is 1. The Bertz CT molecular complexity index is 525. The predicted octanol–water partition coefficient (Wildman–Crippen LogP) is 1.70. The van der Waals surface area contributed by atoms with Crippen molar-refractivity contribution in [1.82, 2.24) is 5.48 Å². The van der Waals surface area contributed by atoms with E-state index < -0.39 is 5.91 Å². The molecule has 0 radical (unpaired) electrons. The van der Waals surface area contributed by atoms with Gasteiger partial charge in [0.05, 0.1) is 6.04 Å². The Balaban J connectivity index is 2.11. The van der Waals surface area contributed by atoms with Gasteiger partial charge in [0.15, 0.2) is 5.17 Å². The van der Waals surface area contributed by atoms with Gasteiger partial charge in [-0.15, -0.1) is 0 Å². The van der Waals surface area contributed by atoms with E-state index in [1.54, 1.807) is 23.3 Å². The molecule has 1 aliphatic heterocycles. The molecule has 0 fully saturated rings. The second-order valence-corrected chi connectivity index (χ2v) is 5.61. The summed E-state index contributed by atoms with van der Waals surface area (Å²) in [5.74, 6) is -0.553. The summed E-state index contributed by atoms with van der Waals surface area (Å²) in [6, 6.07) is 7.83. The minimum absolute atomic E-state index is 0.0868. The van der Waals surface area contributed by atoms with Gasteiger partial charge in [0.1, 0.15) is 0 Å². The number of carbonyl (C=O) groups excluding carboxylic acids is 1. The topological polar surface area (TPSA) is 87.7 Å². The molecule has 0 saturated heterocycles. The monoisotopic (exact) mass is 277 g/mol. The van der Waals surface area contributed by atoms with Gasteiger partial charge in [0.2, 0.25) is 0 Å². The second kappa shape index (κ2) is 5.90. The zero-order chi connectivity index (χ0) is 13.8. The minimum atomic E-state index is -0.553. The number of amidine groups is 1. The molecule has 2 unspecified atom stereocenters. The van der Waals surface area contributed by atoms with Crippen molar-refractivity contribution in [3.63, 3.8) is 0 Å². The molecule has 4 N–H and O–H groups in total. The third kappa shape index (κ3) is 3.36. The molecule has 0 saturated carbocycles. The predicted molar refractivity (Wildman–Crippen MR) is 76.8 cm³/mol. The molecule has 1 aromatic rings. The number of carbonyl (C=O) groups is 1. The lowest BCUT2D eigenvalue weighted by Crippen LogP contribution is -2.14. The summed E-state index contributed by atoms with van der Waals surface area (Å²) in [5, 5.41) is 9.34. The largest absolute Gasteiger partial charge is 0.379 e. The molecule has 1 aliphatic rings. The zero-order valence-corrected chi connectivity index (χ0v) is 11.2. The van der Waals surface area contributed by atoms with Crippen LogP contribution in [0.2, 0.25) is 0 Å². The van der Waals surface area contributed by atoms with Crippen LogP contribution in [0, 0.1) is 0 Å². The van der Waals surface area contributed by atoms with Crippen molar-refractivity contribution in [2.45, 2.75) is 18.2 Å². The number of hydrogen-bond acceptors (Lipinski definition) is 5. The summed E-state index contributed by atoms with van der Waals surface area (Å²) in [5.41, 5.74) is 9.23. The van der Waals surface area contributed by atoms with Crippen molar-refractivity contribution in [2.75, 3.05) is 0 Å². The number of amides is 1. The maximum absolute atomic E-state index is 10.9. The van der Waals surface area contributed by atoms with Gasteiger partial charge in [-0.2, -0.15) is 0 Å². The molecule has 0 aliphatic carbocycles. The Morgan fingerprint density at radius 2 is 2.16 bits per heavy atom.